The number of nitrogens with zero attached hydrogens (tertiary/aromatic N) is 3. The molecule has 0 radical (unpaired) electrons. The lowest BCUT2D eigenvalue weighted by Gasteiger charge is -2.11. The third kappa shape index (κ3) is 2.70. The number of hydrogen-bond acceptors (Lipinski definition) is 2. The van der Waals surface area contributed by atoms with Crippen molar-refractivity contribution in [2.24, 2.45) is 0 Å². The molecule has 182 valence electrons. The number of hydrogen-bond donors (Lipinski definition) is 0. The maximum absolute atomic E-state index is 6.44. The number of fused-ring (bicyclic) bond motifs is 11. The quantitative estimate of drug-likeness (QED) is 0.238. The van der Waals surface area contributed by atoms with Gasteiger partial charge in [-0.05, 0) is 41.8 Å². The van der Waals surface area contributed by atoms with Gasteiger partial charge in [0.1, 0.15) is 5.52 Å². The fraction of sp³-hybridized carbons (Fsp3) is 0. The molecule has 0 aliphatic heterocycles. The molecule has 4 nitrogen and oxygen atoms in total. The molecular formula is C35H21N3O. The van der Waals surface area contributed by atoms with Crippen LogP contribution in [0.1, 0.15) is 0 Å². The second kappa shape index (κ2) is 7.59. The Morgan fingerprint density at radius 2 is 1.05 bits per heavy atom. The molecule has 0 saturated carbocycles. The average molecular weight is 500 g/mol. The van der Waals surface area contributed by atoms with Gasteiger partial charge in [0, 0.05) is 32.6 Å². The van der Waals surface area contributed by atoms with E-state index < -0.39 is 0 Å². The van der Waals surface area contributed by atoms with E-state index in [4.69, 9.17) is 9.40 Å². The van der Waals surface area contributed by atoms with Crippen molar-refractivity contribution < 1.29 is 4.42 Å². The van der Waals surface area contributed by atoms with Crippen molar-refractivity contribution in [1.82, 2.24) is 14.1 Å². The smallest absolute Gasteiger partial charge is 0.307 e. The summed E-state index contributed by atoms with van der Waals surface area (Å²) >= 11 is 0. The van der Waals surface area contributed by atoms with E-state index in [9.17, 15) is 0 Å². The number of oxazole rings is 1. The second-order valence-electron chi connectivity index (χ2n) is 10.00. The summed E-state index contributed by atoms with van der Waals surface area (Å²) in [6, 6.07) is 45.2. The van der Waals surface area contributed by atoms with Crippen LogP contribution in [0, 0.1) is 0 Å². The molecule has 4 heteroatoms. The zero-order valence-electron chi connectivity index (χ0n) is 20.9. The first kappa shape index (κ1) is 20.7. The molecule has 39 heavy (non-hydrogen) atoms. The Kier molecular flexibility index (Phi) is 4.02. The summed E-state index contributed by atoms with van der Waals surface area (Å²) < 4.78 is 11.1. The number of para-hydroxylation sites is 5. The predicted octanol–water partition coefficient (Wildman–Crippen LogP) is 9.18. The summed E-state index contributed by atoms with van der Waals surface area (Å²) in [6.07, 6.45) is 0. The van der Waals surface area contributed by atoms with Gasteiger partial charge in [0.2, 0.25) is 0 Å². The van der Waals surface area contributed by atoms with Gasteiger partial charge in [0.25, 0.3) is 0 Å². The van der Waals surface area contributed by atoms with E-state index in [-0.39, 0.29) is 0 Å². The molecule has 9 aromatic rings. The van der Waals surface area contributed by atoms with Crippen molar-refractivity contribution in [3.05, 3.63) is 127 Å². The van der Waals surface area contributed by atoms with Gasteiger partial charge in [-0.15, -0.1) is 0 Å². The molecule has 3 aromatic heterocycles. The minimum Gasteiger partial charge on any atom is -0.423 e. The summed E-state index contributed by atoms with van der Waals surface area (Å²) in [4.78, 5) is 4.98. The van der Waals surface area contributed by atoms with Gasteiger partial charge in [0.05, 0.1) is 22.1 Å². The highest BCUT2D eigenvalue weighted by Crippen LogP contribution is 2.46. The van der Waals surface area contributed by atoms with Crippen LogP contribution >= 0.6 is 0 Å². The minimum atomic E-state index is 0.579. The molecule has 0 aliphatic carbocycles. The fourth-order valence-corrected chi connectivity index (χ4v) is 6.39. The zero-order chi connectivity index (χ0) is 25.5. The van der Waals surface area contributed by atoms with E-state index >= 15 is 0 Å². The summed E-state index contributed by atoms with van der Waals surface area (Å²) in [7, 11) is 0. The highest BCUT2D eigenvalue weighted by Gasteiger charge is 2.25. The van der Waals surface area contributed by atoms with Crippen LogP contribution in [0.3, 0.4) is 0 Å². The summed E-state index contributed by atoms with van der Waals surface area (Å²) in [5.74, 6) is 0. The molecule has 3 heterocycles. The van der Waals surface area contributed by atoms with Crippen LogP contribution in [0.2, 0.25) is 0 Å². The van der Waals surface area contributed by atoms with Gasteiger partial charge < -0.3 is 8.98 Å². The van der Waals surface area contributed by atoms with Crippen molar-refractivity contribution in [3.63, 3.8) is 0 Å². The Morgan fingerprint density at radius 3 is 1.82 bits per heavy atom. The molecule has 0 N–H and O–H groups in total. The number of benzene rings is 6. The fourth-order valence-electron chi connectivity index (χ4n) is 6.39. The maximum atomic E-state index is 6.44. The van der Waals surface area contributed by atoms with Gasteiger partial charge in [-0.2, -0.15) is 4.98 Å². The zero-order valence-corrected chi connectivity index (χ0v) is 20.9. The van der Waals surface area contributed by atoms with E-state index in [1.807, 2.05) is 24.3 Å². The van der Waals surface area contributed by atoms with Crippen LogP contribution in [0.15, 0.2) is 132 Å². The van der Waals surface area contributed by atoms with Crippen molar-refractivity contribution in [1.29, 1.82) is 0 Å². The standard InChI is InChI=1S/C35H21N3O/c1-2-12-22(13-3-1)37-28-19-9-7-17-26(28)32-33(37)24-15-5-4-14-23(24)31-25-16-6-10-20-29(25)38(34(31)32)35-36-27-18-8-11-21-30(27)39-35/h1-21H. The van der Waals surface area contributed by atoms with E-state index in [1.54, 1.807) is 0 Å². The Morgan fingerprint density at radius 1 is 0.462 bits per heavy atom. The minimum absolute atomic E-state index is 0.579. The molecule has 9 rings (SSSR count). The summed E-state index contributed by atoms with van der Waals surface area (Å²) in [6.45, 7) is 0. The Labute approximate surface area is 222 Å². The first-order valence-electron chi connectivity index (χ1n) is 13.2. The van der Waals surface area contributed by atoms with Crippen LogP contribution in [0.4, 0.5) is 0 Å². The first-order chi connectivity index (χ1) is 19.4. The van der Waals surface area contributed by atoms with Crippen molar-refractivity contribution in [2.75, 3.05) is 0 Å². The van der Waals surface area contributed by atoms with Crippen LogP contribution in [-0.4, -0.2) is 14.1 Å². The summed E-state index contributed by atoms with van der Waals surface area (Å²) in [5.41, 5.74) is 7.31. The Hall–Kier alpha value is -5.35. The monoisotopic (exact) mass is 499 g/mol. The van der Waals surface area contributed by atoms with Crippen LogP contribution < -0.4 is 0 Å². The van der Waals surface area contributed by atoms with Crippen molar-refractivity contribution in [3.8, 4) is 11.7 Å². The number of aromatic nitrogens is 3. The van der Waals surface area contributed by atoms with Gasteiger partial charge in [0.15, 0.2) is 5.58 Å². The van der Waals surface area contributed by atoms with E-state index in [1.165, 1.54) is 43.4 Å². The molecule has 0 fully saturated rings. The van der Waals surface area contributed by atoms with Crippen molar-refractivity contribution >= 4 is 65.5 Å². The molecule has 0 atom stereocenters. The van der Waals surface area contributed by atoms with E-state index in [0.29, 0.717) is 6.01 Å². The normalized spacial score (nSPS) is 12.1. The second-order valence-corrected chi connectivity index (χ2v) is 10.00. The Bertz CT molecular complexity index is 2360. The SMILES string of the molecule is c1ccc(-n2c3ccccc3c3c2c2ccccc2c2c4ccccc4n(-c4nc5ccccc5o4)c23)cc1. The average Bonchev–Trinajstić information content (AvgIpc) is 3.67. The van der Waals surface area contributed by atoms with Gasteiger partial charge in [-0.25, -0.2) is 0 Å². The molecule has 0 amide bonds. The van der Waals surface area contributed by atoms with E-state index in [2.05, 4.69) is 112 Å². The Balaban J connectivity index is 1.63. The highest BCUT2D eigenvalue weighted by atomic mass is 16.4. The molecule has 0 bridgehead atoms. The van der Waals surface area contributed by atoms with Gasteiger partial charge in [-0.1, -0.05) is 91.0 Å². The third-order valence-corrected chi connectivity index (χ3v) is 7.93. The topological polar surface area (TPSA) is 35.9 Å². The third-order valence-electron chi connectivity index (χ3n) is 7.93. The van der Waals surface area contributed by atoms with Crippen LogP contribution in [0.25, 0.3) is 77.2 Å². The maximum Gasteiger partial charge on any atom is 0.307 e. The first-order valence-corrected chi connectivity index (χ1v) is 13.2. The predicted molar refractivity (Wildman–Crippen MR) is 160 cm³/mol. The number of rotatable bonds is 2. The van der Waals surface area contributed by atoms with Crippen LogP contribution in [-0.2, 0) is 0 Å². The lowest BCUT2D eigenvalue weighted by Crippen LogP contribution is -1.96. The lowest BCUT2D eigenvalue weighted by molar-refractivity contribution is 0.574. The molecular weight excluding hydrogens is 478 g/mol. The molecule has 0 unspecified atom stereocenters. The molecule has 0 aliphatic rings. The van der Waals surface area contributed by atoms with Crippen LogP contribution in [0.5, 0.6) is 0 Å². The van der Waals surface area contributed by atoms with E-state index in [0.717, 1.165) is 27.8 Å². The van der Waals surface area contributed by atoms with Gasteiger partial charge >= 0.3 is 6.01 Å². The lowest BCUT2D eigenvalue weighted by atomic mass is 9.99. The molecule has 0 saturated heterocycles. The molecule has 0 spiro atoms. The largest absolute Gasteiger partial charge is 0.423 e. The highest BCUT2D eigenvalue weighted by molar-refractivity contribution is 6.36. The van der Waals surface area contributed by atoms with Crippen molar-refractivity contribution in [2.45, 2.75) is 0 Å². The summed E-state index contributed by atoms with van der Waals surface area (Å²) in [5, 5.41) is 7.23. The van der Waals surface area contributed by atoms with Gasteiger partial charge in [-0.3, -0.25) is 4.57 Å². The molecule has 6 aromatic carbocycles.